The van der Waals surface area contributed by atoms with Gasteiger partial charge in [0, 0.05) is 32.2 Å². The maximum atomic E-state index is 5.67. The van der Waals surface area contributed by atoms with E-state index >= 15 is 0 Å². The Morgan fingerprint density at radius 3 is 2.56 bits per heavy atom. The second-order valence-electron chi connectivity index (χ2n) is 5.40. The maximum absolute atomic E-state index is 5.67. The van der Waals surface area contributed by atoms with Crippen LogP contribution in [0.15, 0.2) is 0 Å². The van der Waals surface area contributed by atoms with Crippen molar-refractivity contribution in [3.63, 3.8) is 0 Å². The van der Waals surface area contributed by atoms with Crippen molar-refractivity contribution in [3.8, 4) is 0 Å². The first kappa shape index (κ1) is 12.3. The van der Waals surface area contributed by atoms with Gasteiger partial charge in [-0.1, -0.05) is 12.2 Å². The topological polar surface area (TPSA) is 38.5 Å². The minimum absolute atomic E-state index is 0.416. The molecule has 16 heavy (non-hydrogen) atoms. The van der Waals surface area contributed by atoms with E-state index < -0.39 is 0 Å². The van der Waals surface area contributed by atoms with Crippen molar-refractivity contribution in [1.82, 2.24) is 4.90 Å². The van der Waals surface area contributed by atoms with Gasteiger partial charge in [-0.3, -0.25) is 0 Å². The van der Waals surface area contributed by atoms with Crippen LogP contribution in [0.25, 0.3) is 0 Å². The molecule has 0 amide bonds. The molecule has 1 saturated heterocycles. The van der Waals surface area contributed by atoms with Crippen molar-refractivity contribution < 1.29 is 4.74 Å². The highest BCUT2D eigenvalue weighted by Gasteiger charge is 2.44. The fourth-order valence-corrected chi connectivity index (χ4v) is 3.03. The van der Waals surface area contributed by atoms with Crippen molar-refractivity contribution in [2.45, 2.75) is 38.1 Å². The van der Waals surface area contributed by atoms with Gasteiger partial charge in [-0.2, -0.15) is 0 Å². The first-order chi connectivity index (χ1) is 7.61. The number of nitrogens with zero attached hydrogens (tertiary/aromatic N) is 1. The quantitative estimate of drug-likeness (QED) is 0.743. The lowest BCUT2D eigenvalue weighted by Crippen LogP contribution is -2.40. The van der Waals surface area contributed by atoms with Crippen LogP contribution >= 0.6 is 12.2 Å². The van der Waals surface area contributed by atoms with E-state index in [2.05, 4.69) is 11.9 Å². The summed E-state index contributed by atoms with van der Waals surface area (Å²) in [5, 5.41) is 0. The molecule has 1 aliphatic carbocycles. The normalized spacial score (nSPS) is 24.6. The molecule has 4 heteroatoms. The Labute approximate surface area is 103 Å². The molecule has 3 nitrogen and oxygen atoms in total. The average Bonchev–Trinajstić information content (AvgIpc) is 2.98. The first-order valence-corrected chi connectivity index (χ1v) is 6.58. The molecule has 0 atom stereocenters. The Bertz CT molecular complexity index is 260. The summed E-state index contributed by atoms with van der Waals surface area (Å²) in [6.45, 7) is 2.98. The average molecular weight is 242 g/mol. The second kappa shape index (κ2) is 4.98. The molecule has 0 unspecified atom stereocenters. The zero-order valence-electron chi connectivity index (χ0n) is 10.1. The zero-order chi connectivity index (χ0) is 11.6. The van der Waals surface area contributed by atoms with E-state index in [4.69, 9.17) is 22.7 Å². The Balaban J connectivity index is 1.81. The minimum atomic E-state index is 0.416. The van der Waals surface area contributed by atoms with Crippen LogP contribution in [0.4, 0.5) is 0 Å². The molecule has 0 spiro atoms. The molecule has 1 heterocycles. The van der Waals surface area contributed by atoms with Gasteiger partial charge in [0.2, 0.25) is 0 Å². The van der Waals surface area contributed by atoms with Crippen molar-refractivity contribution >= 4 is 17.2 Å². The molecule has 2 N–H and O–H groups in total. The fourth-order valence-electron chi connectivity index (χ4n) is 2.72. The van der Waals surface area contributed by atoms with Crippen molar-refractivity contribution in [2.75, 3.05) is 26.8 Å². The van der Waals surface area contributed by atoms with Crippen LogP contribution in [0.5, 0.6) is 0 Å². The molecule has 0 aromatic heterocycles. The van der Waals surface area contributed by atoms with E-state index in [-0.39, 0.29) is 0 Å². The summed E-state index contributed by atoms with van der Waals surface area (Å²) in [7, 11) is 2.23. The van der Waals surface area contributed by atoms with Crippen LogP contribution in [-0.4, -0.2) is 42.7 Å². The lowest BCUT2D eigenvalue weighted by molar-refractivity contribution is 0.0370. The smallest absolute Gasteiger partial charge is 0.0733 e. The van der Waals surface area contributed by atoms with E-state index in [0.29, 0.717) is 16.4 Å². The number of rotatable bonds is 5. The predicted molar refractivity (Wildman–Crippen MR) is 69.5 cm³/mol. The van der Waals surface area contributed by atoms with Gasteiger partial charge in [0.15, 0.2) is 0 Å². The van der Waals surface area contributed by atoms with E-state index in [1.807, 2.05) is 0 Å². The lowest BCUT2D eigenvalue weighted by Gasteiger charge is -2.33. The summed E-state index contributed by atoms with van der Waals surface area (Å²) in [5.74, 6) is 0. The third-order valence-electron chi connectivity index (χ3n) is 3.91. The number of hydrogen-bond donors (Lipinski definition) is 1. The molecule has 1 saturated carbocycles. The van der Waals surface area contributed by atoms with Crippen LogP contribution in [0.1, 0.15) is 32.1 Å². The summed E-state index contributed by atoms with van der Waals surface area (Å²) >= 11 is 5.03. The zero-order valence-corrected chi connectivity index (χ0v) is 10.9. The number of thiocarbonyl (C=S) groups is 1. The van der Waals surface area contributed by atoms with E-state index in [0.717, 1.165) is 26.2 Å². The second-order valence-corrected chi connectivity index (χ2v) is 5.93. The highest BCUT2D eigenvalue weighted by atomic mass is 32.1. The molecule has 0 aromatic carbocycles. The fraction of sp³-hybridized carbons (Fsp3) is 0.917. The molecule has 0 radical (unpaired) electrons. The summed E-state index contributed by atoms with van der Waals surface area (Å²) < 4.78 is 5.39. The van der Waals surface area contributed by atoms with E-state index in [1.54, 1.807) is 0 Å². The Morgan fingerprint density at radius 2 is 2.06 bits per heavy atom. The Hall–Kier alpha value is -0.190. The highest BCUT2D eigenvalue weighted by molar-refractivity contribution is 7.80. The molecule has 1 aliphatic heterocycles. The monoisotopic (exact) mass is 242 g/mol. The van der Waals surface area contributed by atoms with Crippen LogP contribution in [0, 0.1) is 5.41 Å². The van der Waals surface area contributed by atoms with Gasteiger partial charge < -0.3 is 15.4 Å². The van der Waals surface area contributed by atoms with E-state index in [9.17, 15) is 0 Å². The Kier molecular flexibility index (Phi) is 3.82. The van der Waals surface area contributed by atoms with Gasteiger partial charge in [-0.05, 0) is 38.1 Å². The van der Waals surface area contributed by atoms with Crippen molar-refractivity contribution in [2.24, 2.45) is 11.1 Å². The Morgan fingerprint density at radius 1 is 1.44 bits per heavy atom. The summed E-state index contributed by atoms with van der Waals surface area (Å²) in [6, 6.07) is 0.692. The molecular weight excluding hydrogens is 220 g/mol. The van der Waals surface area contributed by atoms with Gasteiger partial charge in [-0.15, -0.1) is 0 Å². The van der Waals surface area contributed by atoms with Crippen LogP contribution in [0.2, 0.25) is 0 Å². The molecule has 0 aromatic rings. The number of nitrogens with two attached hydrogens (primary N) is 1. The highest BCUT2D eigenvalue weighted by Crippen LogP contribution is 2.49. The maximum Gasteiger partial charge on any atom is 0.0733 e. The van der Waals surface area contributed by atoms with Gasteiger partial charge in [0.25, 0.3) is 0 Å². The van der Waals surface area contributed by atoms with Gasteiger partial charge in [0.1, 0.15) is 0 Å². The molecular formula is C12H22N2OS. The van der Waals surface area contributed by atoms with Gasteiger partial charge >= 0.3 is 0 Å². The summed E-state index contributed by atoms with van der Waals surface area (Å²) in [5.41, 5.74) is 6.08. The van der Waals surface area contributed by atoms with Crippen LogP contribution in [0.3, 0.4) is 0 Å². The third kappa shape index (κ3) is 3.15. The van der Waals surface area contributed by atoms with Crippen LogP contribution < -0.4 is 5.73 Å². The molecule has 2 fully saturated rings. The van der Waals surface area contributed by atoms with Crippen molar-refractivity contribution in [3.05, 3.63) is 0 Å². The van der Waals surface area contributed by atoms with Gasteiger partial charge in [0.05, 0.1) is 4.99 Å². The summed E-state index contributed by atoms with van der Waals surface area (Å²) in [6.07, 6.45) is 5.84. The predicted octanol–water partition coefficient (Wildman–Crippen LogP) is 1.55. The standard InChI is InChI=1S/C12H22N2OS/c1-14(10-2-6-15-7-3-10)9-12(4-5-12)8-11(13)16/h10H,2-9H2,1H3,(H2,13,16). The molecule has 2 rings (SSSR count). The first-order valence-electron chi connectivity index (χ1n) is 6.18. The van der Waals surface area contributed by atoms with Crippen LogP contribution in [-0.2, 0) is 4.74 Å². The molecule has 0 bridgehead atoms. The SMILES string of the molecule is CN(CC1(CC(N)=S)CC1)C1CCOCC1. The van der Waals surface area contributed by atoms with Crippen molar-refractivity contribution in [1.29, 1.82) is 0 Å². The largest absolute Gasteiger partial charge is 0.393 e. The van der Waals surface area contributed by atoms with E-state index in [1.165, 1.54) is 25.7 Å². The molecule has 2 aliphatic rings. The number of ether oxygens (including phenoxy) is 1. The lowest BCUT2D eigenvalue weighted by atomic mass is 9.99. The van der Waals surface area contributed by atoms with Gasteiger partial charge in [-0.25, -0.2) is 0 Å². The number of hydrogen-bond acceptors (Lipinski definition) is 3. The third-order valence-corrected chi connectivity index (χ3v) is 4.05. The minimum Gasteiger partial charge on any atom is -0.393 e. The summed E-state index contributed by atoms with van der Waals surface area (Å²) in [4.78, 5) is 3.17. The molecule has 92 valence electrons.